The molecule has 106 valence electrons. The van der Waals surface area contributed by atoms with Gasteiger partial charge < -0.3 is 15.2 Å². The van der Waals surface area contributed by atoms with Crippen molar-refractivity contribution in [3.8, 4) is 11.5 Å². The van der Waals surface area contributed by atoms with Gasteiger partial charge in [-0.3, -0.25) is 0 Å². The van der Waals surface area contributed by atoms with Gasteiger partial charge in [0.1, 0.15) is 6.10 Å². The molecule has 0 fully saturated rings. The monoisotopic (exact) mass is 271 g/mol. The summed E-state index contributed by atoms with van der Waals surface area (Å²) in [5.74, 6) is 1.53. The van der Waals surface area contributed by atoms with Crippen LogP contribution in [0.5, 0.6) is 11.5 Å². The molecule has 20 heavy (non-hydrogen) atoms. The molecule has 0 saturated heterocycles. The number of rotatable bonds is 5. The van der Waals surface area contributed by atoms with E-state index in [4.69, 9.17) is 15.2 Å². The van der Waals surface area contributed by atoms with Crippen LogP contribution in [0.15, 0.2) is 42.5 Å². The van der Waals surface area contributed by atoms with Crippen molar-refractivity contribution in [1.82, 2.24) is 0 Å². The summed E-state index contributed by atoms with van der Waals surface area (Å²) in [7, 11) is 1.66. The third-order valence-corrected chi connectivity index (χ3v) is 3.35. The van der Waals surface area contributed by atoms with Gasteiger partial charge in [-0.2, -0.15) is 0 Å². The van der Waals surface area contributed by atoms with Crippen LogP contribution in [0.25, 0.3) is 0 Å². The highest BCUT2D eigenvalue weighted by Gasteiger charge is 2.11. The van der Waals surface area contributed by atoms with Crippen molar-refractivity contribution < 1.29 is 9.47 Å². The number of methoxy groups -OCH3 is 1. The SMILES string of the molecule is CCc1ccc(OC(C)c2ccc(N)cc2)c(OC)c1. The molecule has 0 radical (unpaired) electrons. The number of benzene rings is 2. The Kier molecular flexibility index (Phi) is 4.51. The average molecular weight is 271 g/mol. The van der Waals surface area contributed by atoms with Crippen LogP contribution < -0.4 is 15.2 Å². The Balaban J connectivity index is 2.18. The molecular weight excluding hydrogens is 250 g/mol. The number of aryl methyl sites for hydroxylation is 1. The summed E-state index contributed by atoms with van der Waals surface area (Å²) >= 11 is 0. The largest absolute Gasteiger partial charge is 0.493 e. The highest BCUT2D eigenvalue weighted by Crippen LogP contribution is 2.32. The van der Waals surface area contributed by atoms with Crippen LogP contribution in [-0.2, 0) is 6.42 Å². The van der Waals surface area contributed by atoms with Crippen molar-refractivity contribution in [3.63, 3.8) is 0 Å². The van der Waals surface area contributed by atoms with E-state index < -0.39 is 0 Å². The minimum absolute atomic E-state index is 0.0584. The molecule has 0 aliphatic heterocycles. The first-order chi connectivity index (χ1) is 9.63. The molecule has 1 unspecified atom stereocenters. The van der Waals surface area contributed by atoms with Gasteiger partial charge in [0.05, 0.1) is 7.11 Å². The summed E-state index contributed by atoms with van der Waals surface area (Å²) in [6.45, 7) is 4.13. The van der Waals surface area contributed by atoms with E-state index >= 15 is 0 Å². The van der Waals surface area contributed by atoms with Crippen molar-refractivity contribution >= 4 is 5.69 Å². The number of hydrogen-bond donors (Lipinski definition) is 1. The molecule has 0 bridgehead atoms. The van der Waals surface area contributed by atoms with E-state index in [0.717, 1.165) is 29.2 Å². The zero-order chi connectivity index (χ0) is 14.5. The van der Waals surface area contributed by atoms with E-state index in [2.05, 4.69) is 13.0 Å². The van der Waals surface area contributed by atoms with Crippen LogP contribution in [-0.4, -0.2) is 7.11 Å². The zero-order valence-electron chi connectivity index (χ0n) is 12.2. The van der Waals surface area contributed by atoms with E-state index in [1.165, 1.54) is 5.56 Å². The lowest BCUT2D eigenvalue weighted by Gasteiger charge is -2.18. The van der Waals surface area contributed by atoms with Crippen molar-refractivity contribution in [2.45, 2.75) is 26.4 Å². The normalized spacial score (nSPS) is 11.9. The number of nitrogens with two attached hydrogens (primary N) is 1. The minimum atomic E-state index is -0.0584. The van der Waals surface area contributed by atoms with Crippen LogP contribution in [0, 0.1) is 0 Å². The summed E-state index contributed by atoms with van der Waals surface area (Å²) < 4.78 is 11.4. The van der Waals surface area contributed by atoms with Crippen molar-refractivity contribution in [2.75, 3.05) is 12.8 Å². The Hall–Kier alpha value is -2.16. The summed E-state index contributed by atoms with van der Waals surface area (Å²) in [5, 5.41) is 0. The molecular formula is C17H21NO2. The second kappa shape index (κ2) is 6.33. The van der Waals surface area contributed by atoms with E-state index in [0.29, 0.717) is 0 Å². The first kappa shape index (κ1) is 14.3. The van der Waals surface area contributed by atoms with Gasteiger partial charge in [-0.15, -0.1) is 0 Å². The predicted molar refractivity (Wildman–Crippen MR) is 82.3 cm³/mol. The first-order valence-electron chi connectivity index (χ1n) is 6.83. The molecule has 0 amide bonds. The van der Waals surface area contributed by atoms with E-state index in [9.17, 15) is 0 Å². The van der Waals surface area contributed by atoms with Crippen LogP contribution in [0.1, 0.15) is 31.1 Å². The van der Waals surface area contributed by atoms with E-state index in [1.54, 1.807) is 7.11 Å². The van der Waals surface area contributed by atoms with Crippen molar-refractivity contribution in [3.05, 3.63) is 53.6 Å². The first-order valence-corrected chi connectivity index (χ1v) is 6.83. The van der Waals surface area contributed by atoms with Gasteiger partial charge in [-0.05, 0) is 48.7 Å². The van der Waals surface area contributed by atoms with E-state index in [-0.39, 0.29) is 6.10 Å². The molecule has 3 nitrogen and oxygen atoms in total. The Morgan fingerprint density at radius 3 is 2.35 bits per heavy atom. The van der Waals surface area contributed by atoms with E-state index in [1.807, 2.05) is 43.3 Å². The van der Waals surface area contributed by atoms with Crippen LogP contribution in [0.3, 0.4) is 0 Å². The second-order valence-corrected chi connectivity index (χ2v) is 4.77. The van der Waals surface area contributed by atoms with Gasteiger partial charge >= 0.3 is 0 Å². The number of ether oxygens (including phenoxy) is 2. The summed E-state index contributed by atoms with van der Waals surface area (Å²) in [6, 6.07) is 13.8. The second-order valence-electron chi connectivity index (χ2n) is 4.77. The smallest absolute Gasteiger partial charge is 0.162 e. The highest BCUT2D eigenvalue weighted by molar-refractivity contribution is 5.44. The summed E-state index contributed by atoms with van der Waals surface area (Å²) in [4.78, 5) is 0. The Morgan fingerprint density at radius 2 is 1.75 bits per heavy atom. The van der Waals surface area contributed by atoms with Gasteiger partial charge in [-0.1, -0.05) is 25.1 Å². The third kappa shape index (κ3) is 3.23. The fraction of sp³-hybridized carbons (Fsp3) is 0.294. The molecule has 2 N–H and O–H groups in total. The quantitative estimate of drug-likeness (QED) is 0.836. The highest BCUT2D eigenvalue weighted by atomic mass is 16.5. The van der Waals surface area contributed by atoms with Crippen LogP contribution in [0.2, 0.25) is 0 Å². The molecule has 0 aromatic heterocycles. The molecule has 0 heterocycles. The molecule has 3 heteroatoms. The maximum atomic E-state index is 6.00. The molecule has 1 atom stereocenters. The van der Waals surface area contributed by atoms with Crippen molar-refractivity contribution in [1.29, 1.82) is 0 Å². The van der Waals surface area contributed by atoms with Gasteiger partial charge in [0.2, 0.25) is 0 Å². The topological polar surface area (TPSA) is 44.5 Å². The van der Waals surface area contributed by atoms with Gasteiger partial charge in [0.15, 0.2) is 11.5 Å². The molecule has 2 aromatic rings. The van der Waals surface area contributed by atoms with Crippen LogP contribution in [0.4, 0.5) is 5.69 Å². The Bertz CT molecular complexity index is 564. The molecule has 0 spiro atoms. The zero-order valence-corrected chi connectivity index (χ0v) is 12.2. The van der Waals surface area contributed by atoms with Gasteiger partial charge in [0.25, 0.3) is 0 Å². The summed E-state index contributed by atoms with van der Waals surface area (Å²) in [5.41, 5.74) is 8.77. The number of hydrogen-bond acceptors (Lipinski definition) is 3. The maximum Gasteiger partial charge on any atom is 0.162 e. The van der Waals surface area contributed by atoms with Crippen molar-refractivity contribution in [2.24, 2.45) is 0 Å². The molecule has 2 aromatic carbocycles. The number of nitrogen functional groups attached to an aromatic ring is 1. The molecule has 2 rings (SSSR count). The fourth-order valence-electron chi connectivity index (χ4n) is 2.05. The molecule has 0 aliphatic rings. The maximum absolute atomic E-state index is 6.00. The fourth-order valence-corrected chi connectivity index (χ4v) is 2.05. The molecule has 0 aliphatic carbocycles. The number of anilines is 1. The summed E-state index contributed by atoms with van der Waals surface area (Å²) in [6.07, 6.45) is 0.918. The Labute approximate surface area is 120 Å². The predicted octanol–water partition coefficient (Wildman–Crippen LogP) is 3.98. The van der Waals surface area contributed by atoms with Gasteiger partial charge in [-0.25, -0.2) is 0 Å². The lowest BCUT2D eigenvalue weighted by Crippen LogP contribution is -2.04. The minimum Gasteiger partial charge on any atom is -0.493 e. The lowest BCUT2D eigenvalue weighted by molar-refractivity contribution is 0.216. The molecule has 0 saturated carbocycles. The Morgan fingerprint density at radius 1 is 1.05 bits per heavy atom. The van der Waals surface area contributed by atoms with Crippen LogP contribution >= 0.6 is 0 Å². The third-order valence-electron chi connectivity index (χ3n) is 3.35. The lowest BCUT2D eigenvalue weighted by atomic mass is 10.1. The van der Waals surface area contributed by atoms with Gasteiger partial charge in [0, 0.05) is 5.69 Å². The standard InChI is InChI=1S/C17H21NO2/c1-4-13-5-10-16(17(11-13)19-3)20-12(2)14-6-8-15(18)9-7-14/h5-12H,4,18H2,1-3H3. The average Bonchev–Trinajstić information content (AvgIpc) is 2.48.